The van der Waals surface area contributed by atoms with Crippen molar-refractivity contribution >= 4 is 33.6 Å². The summed E-state index contributed by atoms with van der Waals surface area (Å²) in [4.78, 5) is 32.0. The summed E-state index contributed by atoms with van der Waals surface area (Å²) in [6, 6.07) is 15.4. The number of rotatable bonds is 7. The van der Waals surface area contributed by atoms with Gasteiger partial charge in [0.15, 0.2) is 0 Å². The van der Waals surface area contributed by atoms with Gasteiger partial charge in [-0.05, 0) is 49.1 Å². The molecule has 2 heterocycles. The first-order valence-electron chi connectivity index (χ1n) is 10.4. The zero-order valence-electron chi connectivity index (χ0n) is 18.1. The fourth-order valence-corrected chi connectivity index (χ4v) is 3.92. The molecule has 4 rings (SSSR count). The zero-order valence-corrected chi connectivity index (χ0v) is 19.0. The number of aliphatic imine (C=N–C) groups is 1. The van der Waals surface area contributed by atoms with Gasteiger partial charge in [-0.2, -0.15) is 5.06 Å². The van der Waals surface area contributed by atoms with Gasteiger partial charge in [0.05, 0.1) is 5.25 Å². The molecule has 10 nitrogen and oxygen atoms in total. The Morgan fingerprint density at radius 2 is 1.61 bits per heavy atom. The number of guanidine groups is 1. The van der Waals surface area contributed by atoms with E-state index in [1.807, 2.05) is 48.5 Å². The van der Waals surface area contributed by atoms with Crippen LogP contribution in [0.25, 0.3) is 0 Å². The number of esters is 1. The Kier molecular flexibility index (Phi) is 6.34. The monoisotopic (exact) mass is 472 g/mol. The average molecular weight is 473 g/mol. The number of fused-ring (bicyclic) bond motifs is 2. The molecule has 1 unspecified atom stereocenters. The lowest BCUT2D eigenvalue weighted by Crippen LogP contribution is -2.36. The van der Waals surface area contributed by atoms with Crippen molar-refractivity contribution in [1.82, 2.24) is 9.79 Å². The molecule has 0 aromatic heterocycles. The Balaban J connectivity index is 1.33. The van der Waals surface area contributed by atoms with Crippen molar-refractivity contribution < 1.29 is 27.6 Å². The van der Waals surface area contributed by atoms with E-state index in [0.29, 0.717) is 6.42 Å². The van der Waals surface area contributed by atoms with Gasteiger partial charge in [0, 0.05) is 12.2 Å². The molecule has 0 saturated carbocycles. The average Bonchev–Trinajstić information content (AvgIpc) is 3.07. The lowest BCUT2D eigenvalue weighted by atomic mass is 10.0. The van der Waals surface area contributed by atoms with Crippen LogP contribution in [0.1, 0.15) is 30.5 Å². The van der Waals surface area contributed by atoms with Crippen LogP contribution in [0.5, 0.6) is 0 Å². The molecule has 1 atom stereocenters. The number of carbonyl (C=O) groups excluding carboxylic acids is 2. The Morgan fingerprint density at radius 3 is 2.24 bits per heavy atom. The number of carbonyl (C=O) groups is 2. The van der Waals surface area contributed by atoms with Gasteiger partial charge in [-0.15, -0.1) is 0 Å². The van der Waals surface area contributed by atoms with Crippen LogP contribution in [0.2, 0.25) is 0 Å². The van der Waals surface area contributed by atoms with E-state index in [9.17, 15) is 18.0 Å². The van der Waals surface area contributed by atoms with Gasteiger partial charge in [0.2, 0.25) is 22.2 Å². The van der Waals surface area contributed by atoms with Crippen LogP contribution in [0.15, 0.2) is 53.5 Å². The summed E-state index contributed by atoms with van der Waals surface area (Å²) in [5.41, 5.74) is 3.80. The number of sulfonamides is 1. The minimum Gasteiger partial charge on any atom is -0.429 e. The third-order valence-electron chi connectivity index (χ3n) is 5.17. The van der Waals surface area contributed by atoms with Crippen LogP contribution in [0, 0.1) is 0 Å². The highest BCUT2D eigenvalue weighted by Crippen LogP contribution is 2.19. The molecule has 11 heteroatoms. The van der Waals surface area contributed by atoms with Gasteiger partial charge in [0.25, 0.3) is 0 Å². The summed E-state index contributed by atoms with van der Waals surface area (Å²) in [6.07, 6.45) is -0.0737. The van der Waals surface area contributed by atoms with Gasteiger partial charge in [-0.3, -0.25) is 0 Å². The Labute approximate surface area is 191 Å². The molecule has 2 aromatic rings. The molecule has 2 aliphatic rings. The predicted octanol–water partition coefficient (Wildman–Crippen LogP) is 1.53. The van der Waals surface area contributed by atoms with Crippen LogP contribution >= 0.6 is 0 Å². The number of anilines is 1. The molecule has 1 saturated heterocycles. The van der Waals surface area contributed by atoms with Crippen molar-refractivity contribution in [2.45, 2.75) is 38.3 Å². The lowest BCUT2D eigenvalue weighted by Gasteiger charge is -2.17. The van der Waals surface area contributed by atoms with E-state index < -0.39 is 33.4 Å². The van der Waals surface area contributed by atoms with Crippen molar-refractivity contribution in [3.05, 3.63) is 65.2 Å². The Bertz CT molecular complexity index is 1180. The van der Waals surface area contributed by atoms with E-state index in [1.54, 1.807) is 13.8 Å². The maximum Gasteiger partial charge on any atom is 0.441 e. The fraction of sp³-hybridized carbons (Fsp3) is 0.318. The SMILES string of the molecule is CC(C)S(=O)(=O)NCc1ccc(Cc2ccc(NC3=NC4CN3OC(=O)C(=O)O4)cc2)cc1. The third kappa shape index (κ3) is 5.49. The number of nitrogens with zero attached hydrogens (tertiary/aromatic N) is 2. The summed E-state index contributed by atoms with van der Waals surface area (Å²) in [7, 11) is -3.29. The molecule has 0 spiro atoms. The van der Waals surface area contributed by atoms with Crippen LogP contribution < -0.4 is 10.0 Å². The molecule has 2 aliphatic heterocycles. The van der Waals surface area contributed by atoms with E-state index in [1.165, 1.54) is 5.06 Å². The number of hydrogen-bond acceptors (Lipinski definition) is 9. The topological polar surface area (TPSA) is 126 Å². The highest BCUT2D eigenvalue weighted by Gasteiger charge is 2.38. The standard InChI is InChI=1S/C22H24N4O6S/c1-14(2)33(29,30)23-12-17-5-3-15(4-6-17)11-16-7-9-18(10-8-16)24-22-25-19-13-26(22)32-21(28)20(27)31-19/h3-10,14,19,23H,11-13H2,1-2H3,(H,24,25). The summed E-state index contributed by atoms with van der Waals surface area (Å²) in [5, 5.41) is 3.79. The number of hydroxylamine groups is 2. The zero-order chi connectivity index (χ0) is 23.6. The second-order valence-electron chi connectivity index (χ2n) is 7.98. The van der Waals surface area contributed by atoms with Gasteiger partial charge in [-0.25, -0.2) is 27.7 Å². The summed E-state index contributed by atoms with van der Waals surface area (Å²) in [6.45, 7) is 3.69. The van der Waals surface area contributed by atoms with E-state index in [4.69, 9.17) is 9.57 Å². The van der Waals surface area contributed by atoms with Crippen molar-refractivity contribution in [2.24, 2.45) is 4.99 Å². The van der Waals surface area contributed by atoms with Gasteiger partial charge >= 0.3 is 11.9 Å². The second-order valence-corrected chi connectivity index (χ2v) is 10.3. The normalized spacial score (nSPS) is 18.0. The third-order valence-corrected chi connectivity index (χ3v) is 6.95. The number of hydrogen-bond donors (Lipinski definition) is 2. The predicted molar refractivity (Wildman–Crippen MR) is 120 cm³/mol. The summed E-state index contributed by atoms with van der Waals surface area (Å²) in [5.74, 6) is -1.85. The smallest absolute Gasteiger partial charge is 0.429 e. The van der Waals surface area contributed by atoms with Crippen LogP contribution in [0.4, 0.5) is 5.69 Å². The maximum atomic E-state index is 11.9. The van der Waals surface area contributed by atoms with E-state index in [-0.39, 0.29) is 19.0 Å². The molecule has 2 N–H and O–H groups in total. The molecule has 0 amide bonds. The number of ether oxygens (including phenoxy) is 1. The van der Waals surface area contributed by atoms with Crippen LogP contribution in [0.3, 0.4) is 0 Å². The first-order valence-corrected chi connectivity index (χ1v) is 11.9. The molecule has 2 aromatic carbocycles. The molecule has 1 fully saturated rings. The van der Waals surface area contributed by atoms with Crippen molar-refractivity contribution in [3.63, 3.8) is 0 Å². The molecule has 33 heavy (non-hydrogen) atoms. The molecule has 0 radical (unpaired) electrons. The molecule has 2 bridgehead atoms. The molecular weight excluding hydrogens is 448 g/mol. The van der Waals surface area contributed by atoms with Crippen LogP contribution in [-0.4, -0.2) is 49.4 Å². The maximum absolute atomic E-state index is 11.9. The summed E-state index contributed by atoms with van der Waals surface area (Å²) < 4.78 is 31.3. The largest absolute Gasteiger partial charge is 0.441 e. The highest BCUT2D eigenvalue weighted by atomic mass is 32.2. The minimum atomic E-state index is -3.29. The van der Waals surface area contributed by atoms with Crippen molar-refractivity contribution in [2.75, 3.05) is 11.9 Å². The van der Waals surface area contributed by atoms with Gasteiger partial charge in [-0.1, -0.05) is 36.4 Å². The first-order chi connectivity index (χ1) is 15.7. The molecule has 0 aliphatic carbocycles. The minimum absolute atomic E-state index is 0.146. The van der Waals surface area contributed by atoms with Crippen LogP contribution in [-0.2, 0) is 42.2 Å². The van der Waals surface area contributed by atoms with E-state index >= 15 is 0 Å². The summed E-state index contributed by atoms with van der Waals surface area (Å²) >= 11 is 0. The van der Waals surface area contributed by atoms with Crippen molar-refractivity contribution in [3.8, 4) is 0 Å². The van der Waals surface area contributed by atoms with Crippen molar-refractivity contribution in [1.29, 1.82) is 0 Å². The Hall–Kier alpha value is -3.44. The number of nitrogens with one attached hydrogen (secondary N) is 2. The first kappa shape index (κ1) is 22.7. The Morgan fingerprint density at radius 1 is 1.00 bits per heavy atom. The van der Waals surface area contributed by atoms with E-state index in [2.05, 4.69) is 15.0 Å². The fourth-order valence-electron chi connectivity index (χ4n) is 3.21. The van der Waals surface area contributed by atoms with Gasteiger partial charge < -0.3 is 14.9 Å². The quantitative estimate of drug-likeness (QED) is 0.459. The highest BCUT2D eigenvalue weighted by molar-refractivity contribution is 7.90. The van der Waals surface area contributed by atoms with E-state index in [0.717, 1.165) is 22.4 Å². The lowest BCUT2D eigenvalue weighted by molar-refractivity contribution is -0.179. The second kappa shape index (κ2) is 9.20. The molecule has 174 valence electrons. The number of benzene rings is 2. The van der Waals surface area contributed by atoms with Gasteiger partial charge in [0.1, 0.15) is 6.54 Å². The molecular formula is C22H24N4O6S.